The highest BCUT2D eigenvalue weighted by molar-refractivity contribution is 5.93. The van der Waals surface area contributed by atoms with Crippen LogP contribution in [0.1, 0.15) is 34.8 Å². The number of ether oxygens (including phenoxy) is 2. The number of carbonyl (C=O) groups is 2. The summed E-state index contributed by atoms with van der Waals surface area (Å²) in [6, 6.07) is 2.97. The molecule has 20 heavy (non-hydrogen) atoms. The highest BCUT2D eigenvalue weighted by atomic mass is 16.5. The van der Waals surface area contributed by atoms with Gasteiger partial charge in [-0.3, -0.25) is 0 Å². The quantitative estimate of drug-likeness (QED) is 0.445. The first-order chi connectivity index (χ1) is 9.51. The van der Waals surface area contributed by atoms with Crippen LogP contribution in [-0.4, -0.2) is 55.2 Å². The number of nitrogens with zero attached hydrogens (tertiary/aromatic N) is 3. The Bertz CT molecular complexity index is 470. The molecule has 0 N–H and O–H groups in total. The molecule has 0 unspecified atom stereocenters. The van der Waals surface area contributed by atoms with Crippen LogP contribution in [-0.2, 0) is 9.47 Å². The van der Waals surface area contributed by atoms with E-state index in [2.05, 4.69) is 5.10 Å². The number of aromatic nitrogens is 1. The second kappa shape index (κ2) is 7.32. The highest BCUT2D eigenvalue weighted by Crippen LogP contribution is 2.12. The second-order valence-electron chi connectivity index (χ2n) is 4.05. The van der Waals surface area contributed by atoms with Crippen LogP contribution in [0.2, 0.25) is 0 Å². The van der Waals surface area contributed by atoms with E-state index in [-0.39, 0.29) is 24.6 Å². The fourth-order valence-electron chi connectivity index (χ4n) is 1.43. The van der Waals surface area contributed by atoms with E-state index in [4.69, 9.17) is 9.47 Å². The molecule has 1 rings (SSSR count). The Morgan fingerprint density at radius 2 is 1.60 bits per heavy atom. The van der Waals surface area contributed by atoms with Gasteiger partial charge in [-0.1, -0.05) is 0 Å². The summed E-state index contributed by atoms with van der Waals surface area (Å²) in [5.41, 5.74) is 0.348. The lowest BCUT2D eigenvalue weighted by Crippen LogP contribution is -2.17. The van der Waals surface area contributed by atoms with Gasteiger partial charge in [0.1, 0.15) is 6.34 Å². The third-order valence-corrected chi connectivity index (χ3v) is 2.22. The predicted molar refractivity (Wildman–Crippen MR) is 73.9 cm³/mol. The van der Waals surface area contributed by atoms with Gasteiger partial charge < -0.3 is 14.4 Å². The van der Waals surface area contributed by atoms with Crippen molar-refractivity contribution in [1.29, 1.82) is 0 Å². The summed E-state index contributed by atoms with van der Waals surface area (Å²) in [6.07, 6.45) is 1.48. The summed E-state index contributed by atoms with van der Waals surface area (Å²) < 4.78 is 11.1. The van der Waals surface area contributed by atoms with Crippen LogP contribution < -0.4 is 0 Å². The smallest absolute Gasteiger partial charge is 0.356 e. The maximum absolute atomic E-state index is 11.8. The molecule has 7 nitrogen and oxygen atoms in total. The normalized spacial score (nSPS) is 10.6. The minimum absolute atomic E-state index is 0.174. The van der Waals surface area contributed by atoms with E-state index in [0.29, 0.717) is 0 Å². The van der Waals surface area contributed by atoms with Crippen LogP contribution in [0.4, 0.5) is 0 Å². The van der Waals surface area contributed by atoms with Gasteiger partial charge in [0.25, 0.3) is 0 Å². The fraction of sp³-hybridized carbons (Fsp3) is 0.462. The molecule has 0 aliphatic carbocycles. The average molecular weight is 281 g/mol. The molecule has 0 amide bonds. The number of carbonyl (C=O) groups excluding carboxylic acids is 2. The molecule has 0 saturated heterocycles. The molecule has 1 heterocycles. The molecule has 7 heteroatoms. The second-order valence-corrected chi connectivity index (χ2v) is 4.05. The lowest BCUT2D eigenvalue weighted by molar-refractivity contribution is 0.0505. The Hall–Kier alpha value is -2.31. The zero-order valence-corrected chi connectivity index (χ0v) is 12.1. The van der Waals surface area contributed by atoms with Gasteiger partial charge in [0.2, 0.25) is 0 Å². The Kier molecular flexibility index (Phi) is 5.76. The topological polar surface area (TPSA) is 73.1 Å². The molecule has 0 aromatic carbocycles. The molecular formula is C13H19N3O4. The van der Waals surface area contributed by atoms with Crippen LogP contribution >= 0.6 is 0 Å². The number of hydrogen-bond acceptors (Lipinski definition) is 5. The molecule has 1 aromatic heterocycles. The van der Waals surface area contributed by atoms with Gasteiger partial charge in [-0.15, -0.1) is 0 Å². The van der Waals surface area contributed by atoms with Crippen molar-refractivity contribution in [3.63, 3.8) is 0 Å². The first-order valence-corrected chi connectivity index (χ1v) is 6.28. The molecule has 0 bridgehead atoms. The number of rotatable bonds is 6. The summed E-state index contributed by atoms with van der Waals surface area (Å²) >= 11 is 0. The molecule has 0 aliphatic heterocycles. The maximum Gasteiger partial charge on any atom is 0.356 e. The van der Waals surface area contributed by atoms with E-state index in [0.717, 1.165) is 0 Å². The Labute approximate surface area is 117 Å². The summed E-state index contributed by atoms with van der Waals surface area (Å²) in [6.45, 7) is 3.91. The molecule has 0 atom stereocenters. The molecular weight excluding hydrogens is 262 g/mol. The van der Waals surface area contributed by atoms with Gasteiger partial charge in [0.15, 0.2) is 11.4 Å². The van der Waals surface area contributed by atoms with Crippen molar-refractivity contribution in [1.82, 2.24) is 9.58 Å². The van der Waals surface area contributed by atoms with Crippen molar-refractivity contribution in [2.24, 2.45) is 5.10 Å². The summed E-state index contributed by atoms with van der Waals surface area (Å²) in [7, 11) is 3.56. The standard InChI is InChI=1S/C13H19N3O4/c1-5-19-12(17)10-7-8-11(13(18)20-6-2)16(10)14-9-15(3)4/h7-9H,5-6H2,1-4H3/b14-9+. The highest BCUT2D eigenvalue weighted by Gasteiger charge is 2.20. The zero-order chi connectivity index (χ0) is 15.1. The maximum atomic E-state index is 11.8. The SMILES string of the molecule is CCOC(=O)c1ccc(C(=O)OCC)n1/N=C/N(C)C. The van der Waals surface area contributed by atoms with Gasteiger partial charge in [0, 0.05) is 14.1 Å². The third-order valence-electron chi connectivity index (χ3n) is 2.22. The van der Waals surface area contributed by atoms with E-state index < -0.39 is 11.9 Å². The van der Waals surface area contributed by atoms with Gasteiger partial charge in [-0.2, -0.15) is 5.10 Å². The van der Waals surface area contributed by atoms with Crippen LogP contribution in [0.5, 0.6) is 0 Å². The molecule has 0 radical (unpaired) electrons. The van der Waals surface area contributed by atoms with Crippen LogP contribution in [0.25, 0.3) is 0 Å². The van der Waals surface area contributed by atoms with Gasteiger partial charge in [-0.05, 0) is 26.0 Å². The van der Waals surface area contributed by atoms with Crippen molar-refractivity contribution >= 4 is 18.3 Å². The lowest BCUT2D eigenvalue weighted by atomic mass is 10.4. The van der Waals surface area contributed by atoms with Gasteiger partial charge in [-0.25, -0.2) is 14.3 Å². The number of hydrogen-bond donors (Lipinski definition) is 0. The summed E-state index contributed by atoms with van der Waals surface area (Å²) in [5, 5.41) is 4.09. The fourth-order valence-corrected chi connectivity index (χ4v) is 1.43. The summed E-state index contributed by atoms with van der Waals surface area (Å²) in [5.74, 6) is -1.09. The van der Waals surface area contributed by atoms with Crippen molar-refractivity contribution in [3.8, 4) is 0 Å². The van der Waals surface area contributed by atoms with E-state index in [9.17, 15) is 9.59 Å². The first-order valence-electron chi connectivity index (χ1n) is 6.28. The Balaban J connectivity index is 3.18. The minimum Gasteiger partial charge on any atom is -0.461 e. The van der Waals surface area contributed by atoms with Crippen LogP contribution in [0.3, 0.4) is 0 Å². The largest absolute Gasteiger partial charge is 0.461 e. The van der Waals surface area contributed by atoms with Crippen LogP contribution in [0, 0.1) is 0 Å². The molecule has 0 fully saturated rings. The molecule has 0 saturated carbocycles. The molecule has 1 aromatic rings. The summed E-state index contributed by atoms with van der Waals surface area (Å²) in [4.78, 5) is 25.3. The third kappa shape index (κ3) is 3.84. The minimum atomic E-state index is -0.543. The Morgan fingerprint density at radius 1 is 1.15 bits per heavy atom. The molecule has 110 valence electrons. The van der Waals surface area contributed by atoms with E-state index in [1.807, 2.05) is 0 Å². The van der Waals surface area contributed by atoms with Crippen molar-refractivity contribution < 1.29 is 19.1 Å². The van der Waals surface area contributed by atoms with Gasteiger partial charge in [0.05, 0.1) is 13.2 Å². The molecule has 0 spiro atoms. The van der Waals surface area contributed by atoms with Crippen molar-refractivity contribution in [2.75, 3.05) is 27.3 Å². The first kappa shape index (κ1) is 15.7. The van der Waals surface area contributed by atoms with E-state index in [1.165, 1.54) is 23.1 Å². The number of esters is 2. The van der Waals surface area contributed by atoms with Gasteiger partial charge >= 0.3 is 11.9 Å². The Morgan fingerprint density at radius 3 is 1.95 bits per heavy atom. The van der Waals surface area contributed by atoms with Crippen molar-refractivity contribution in [2.45, 2.75) is 13.8 Å². The lowest BCUT2D eigenvalue weighted by Gasteiger charge is -2.08. The van der Waals surface area contributed by atoms with Crippen molar-refractivity contribution in [3.05, 3.63) is 23.5 Å². The monoisotopic (exact) mass is 281 g/mol. The average Bonchev–Trinajstić information content (AvgIpc) is 2.80. The zero-order valence-electron chi connectivity index (χ0n) is 12.1. The predicted octanol–water partition coefficient (Wildman–Crippen LogP) is 1.19. The van der Waals surface area contributed by atoms with E-state index in [1.54, 1.807) is 32.8 Å². The van der Waals surface area contributed by atoms with E-state index >= 15 is 0 Å². The van der Waals surface area contributed by atoms with Crippen LogP contribution in [0.15, 0.2) is 17.2 Å². The molecule has 0 aliphatic rings.